The molecule has 4 nitrogen and oxygen atoms in total. The average molecular weight is 312 g/mol. The van der Waals surface area contributed by atoms with Crippen LogP contribution in [-0.4, -0.2) is 23.5 Å². The molecule has 21 heavy (non-hydrogen) atoms. The number of hydrogen-bond acceptors (Lipinski definition) is 2. The van der Waals surface area contributed by atoms with E-state index in [1.54, 1.807) is 0 Å². The van der Waals surface area contributed by atoms with Gasteiger partial charge in [-0.1, -0.05) is 42.6 Å². The van der Waals surface area contributed by atoms with Crippen molar-refractivity contribution in [3.05, 3.63) is 34.9 Å². The van der Waals surface area contributed by atoms with Gasteiger partial charge in [0.25, 0.3) is 0 Å². The van der Waals surface area contributed by atoms with Crippen LogP contribution in [0.3, 0.4) is 0 Å². The molecule has 0 aliphatic heterocycles. The summed E-state index contributed by atoms with van der Waals surface area (Å²) < 4.78 is 0. The highest BCUT2D eigenvalue weighted by molar-refractivity contribution is 6.31. The zero-order chi connectivity index (χ0) is 15.5. The fourth-order valence-corrected chi connectivity index (χ4v) is 2.25. The Labute approximate surface area is 130 Å². The molecule has 0 saturated heterocycles. The smallest absolute Gasteiger partial charge is 0.303 e. The number of benzene rings is 1. The van der Waals surface area contributed by atoms with Crippen LogP contribution in [0.5, 0.6) is 0 Å². The Morgan fingerprint density at radius 2 is 1.76 bits per heavy atom. The van der Waals surface area contributed by atoms with E-state index in [2.05, 4.69) is 5.32 Å². The number of aliphatic carboxylic acids is 1. The SMILES string of the molecule is O=C(O)CCCCCCNC(=O)CCc1ccccc1Cl. The largest absolute Gasteiger partial charge is 0.481 e. The summed E-state index contributed by atoms with van der Waals surface area (Å²) in [7, 11) is 0. The lowest BCUT2D eigenvalue weighted by Gasteiger charge is -2.06. The van der Waals surface area contributed by atoms with Crippen molar-refractivity contribution >= 4 is 23.5 Å². The van der Waals surface area contributed by atoms with Gasteiger partial charge in [0.2, 0.25) is 5.91 Å². The summed E-state index contributed by atoms with van der Waals surface area (Å²) in [4.78, 5) is 22.0. The summed E-state index contributed by atoms with van der Waals surface area (Å²) in [6.45, 7) is 0.647. The molecular formula is C16H22ClNO3. The fourth-order valence-electron chi connectivity index (χ4n) is 2.02. The number of hydrogen-bond donors (Lipinski definition) is 2. The van der Waals surface area contributed by atoms with Crippen LogP contribution >= 0.6 is 11.6 Å². The van der Waals surface area contributed by atoms with Crippen LogP contribution < -0.4 is 5.32 Å². The minimum absolute atomic E-state index is 0.0282. The molecular weight excluding hydrogens is 290 g/mol. The van der Waals surface area contributed by atoms with E-state index in [-0.39, 0.29) is 12.3 Å². The Balaban J connectivity index is 2.04. The Morgan fingerprint density at radius 3 is 2.48 bits per heavy atom. The summed E-state index contributed by atoms with van der Waals surface area (Å²) >= 11 is 6.03. The van der Waals surface area contributed by atoms with Crippen molar-refractivity contribution in [3.8, 4) is 0 Å². The van der Waals surface area contributed by atoms with Crippen molar-refractivity contribution < 1.29 is 14.7 Å². The summed E-state index contributed by atoms with van der Waals surface area (Å²) in [5.74, 6) is -0.719. The molecule has 1 amide bonds. The van der Waals surface area contributed by atoms with Crippen molar-refractivity contribution in [3.63, 3.8) is 0 Å². The topological polar surface area (TPSA) is 66.4 Å². The molecule has 1 aromatic rings. The Kier molecular flexibility index (Phi) is 8.51. The molecule has 1 aromatic carbocycles. The first kappa shape index (κ1) is 17.5. The molecule has 0 heterocycles. The fraction of sp³-hybridized carbons (Fsp3) is 0.500. The Hall–Kier alpha value is -1.55. The molecule has 0 aromatic heterocycles. The number of unbranched alkanes of at least 4 members (excludes halogenated alkanes) is 3. The number of rotatable bonds is 10. The standard InChI is InChI=1S/C16H22ClNO3/c17-14-8-5-4-7-13(14)10-11-15(19)18-12-6-2-1-3-9-16(20)21/h4-5,7-8H,1-3,6,9-12H2,(H,18,19)(H,20,21). The van der Waals surface area contributed by atoms with Gasteiger partial charge in [-0.3, -0.25) is 9.59 Å². The monoisotopic (exact) mass is 311 g/mol. The van der Waals surface area contributed by atoms with Gasteiger partial charge in [-0.2, -0.15) is 0 Å². The lowest BCUT2D eigenvalue weighted by Crippen LogP contribution is -2.24. The number of aryl methyl sites for hydroxylation is 1. The van der Waals surface area contributed by atoms with E-state index in [1.807, 2.05) is 24.3 Å². The lowest BCUT2D eigenvalue weighted by atomic mass is 10.1. The molecule has 0 radical (unpaired) electrons. The lowest BCUT2D eigenvalue weighted by molar-refractivity contribution is -0.137. The van der Waals surface area contributed by atoms with Crippen molar-refractivity contribution in [1.82, 2.24) is 5.32 Å². The highest BCUT2D eigenvalue weighted by Crippen LogP contribution is 2.16. The summed E-state index contributed by atoms with van der Waals surface area (Å²) in [6, 6.07) is 7.54. The van der Waals surface area contributed by atoms with E-state index in [1.165, 1.54) is 0 Å². The molecule has 0 atom stereocenters. The molecule has 5 heteroatoms. The van der Waals surface area contributed by atoms with Crippen LogP contribution in [0.4, 0.5) is 0 Å². The van der Waals surface area contributed by atoms with Crippen LogP contribution in [0.1, 0.15) is 44.1 Å². The number of amides is 1. The molecule has 116 valence electrons. The zero-order valence-corrected chi connectivity index (χ0v) is 12.9. The van der Waals surface area contributed by atoms with E-state index in [4.69, 9.17) is 16.7 Å². The highest BCUT2D eigenvalue weighted by atomic mass is 35.5. The average Bonchev–Trinajstić information content (AvgIpc) is 2.45. The van der Waals surface area contributed by atoms with E-state index < -0.39 is 5.97 Å². The summed E-state index contributed by atoms with van der Waals surface area (Å²) in [5, 5.41) is 12.1. The summed E-state index contributed by atoms with van der Waals surface area (Å²) in [6.07, 6.45) is 4.73. The number of carboxylic acid groups (broad SMARTS) is 1. The number of halogens is 1. The van der Waals surface area contributed by atoms with Crippen molar-refractivity contribution in [2.45, 2.75) is 44.9 Å². The summed E-state index contributed by atoms with van der Waals surface area (Å²) in [5.41, 5.74) is 0.989. The molecule has 1 rings (SSSR count). The third-order valence-electron chi connectivity index (χ3n) is 3.22. The van der Waals surface area contributed by atoms with Gasteiger partial charge in [0.15, 0.2) is 0 Å². The predicted molar refractivity (Wildman–Crippen MR) is 83.5 cm³/mol. The van der Waals surface area contributed by atoms with Crippen molar-refractivity contribution in [2.75, 3.05) is 6.54 Å². The number of carbonyl (C=O) groups is 2. The molecule has 0 bridgehead atoms. The second kappa shape index (κ2) is 10.2. The molecule has 0 aliphatic carbocycles. The first-order valence-electron chi connectivity index (χ1n) is 7.31. The second-order valence-corrected chi connectivity index (χ2v) is 5.41. The van der Waals surface area contributed by atoms with Crippen LogP contribution in [0, 0.1) is 0 Å². The quantitative estimate of drug-likeness (QED) is 0.651. The minimum Gasteiger partial charge on any atom is -0.481 e. The van der Waals surface area contributed by atoms with E-state index in [9.17, 15) is 9.59 Å². The van der Waals surface area contributed by atoms with Gasteiger partial charge in [0.05, 0.1) is 0 Å². The van der Waals surface area contributed by atoms with Gasteiger partial charge in [-0.25, -0.2) is 0 Å². The maximum absolute atomic E-state index is 11.7. The predicted octanol–water partition coefficient (Wildman–Crippen LogP) is 3.42. The van der Waals surface area contributed by atoms with Crippen molar-refractivity contribution in [2.24, 2.45) is 0 Å². The molecule has 0 fully saturated rings. The third-order valence-corrected chi connectivity index (χ3v) is 3.59. The Bertz CT molecular complexity index is 463. The molecule has 2 N–H and O–H groups in total. The van der Waals surface area contributed by atoms with E-state index >= 15 is 0 Å². The van der Waals surface area contributed by atoms with Gasteiger partial charge in [-0.05, 0) is 30.9 Å². The number of carboxylic acids is 1. The molecule has 0 aliphatic rings. The zero-order valence-electron chi connectivity index (χ0n) is 12.1. The van der Waals surface area contributed by atoms with Gasteiger partial charge in [0, 0.05) is 24.4 Å². The second-order valence-electron chi connectivity index (χ2n) is 5.00. The van der Waals surface area contributed by atoms with Gasteiger partial charge in [0.1, 0.15) is 0 Å². The molecule has 0 unspecified atom stereocenters. The number of carbonyl (C=O) groups excluding carboxylic acids is 1. The minimum atomic E-state index is -0.747. The third kappa shape index (κ3) is 8.35. The van der Waals surface area contributed by atoms with Crippen molar-refractivity contribution in [1.29, 1.82) is 0 Å². The van der Waals surface area contributed by atoms with Crippen LogP contribution in [0.25, 0.3) is 0 Å². The van der Waals surface area contributed by atoms with Gasteiger partial charge in [-0.15, -0.1) is 0 Å². The first-order valence-corrected chi connectivity index (χ1v) is 7.69. The first-order chi connectivity index (χ1) is 10.1. The maximum Gasteiger partial charge on any atom is 0.303 e. The van der Waals surface area contributed by atoms with Gasteiger partial charge < -0.3 is 10.4 Å². The highest BCUT2D eigenvalue weighted by Gasteiger charge is 2.04. The van der Waals surface area contributed by atoms with Crippen LogP contribution in [-0.2, 0) is 16.0 Å². The molecule has 0 spiro atoms. The molecule has 0 saturated carbocycles. The maximum atomic E-state index is 11.7. The Morgan fingerprint density at radius 1 is 1.05 bits per heavy atom. The van der Waals surface area contributed by atoms with Crippen LogP contribution in [0.2, 0.25) is 5.02 Å². The van der Waals surface area contributed by atoms with E-state index in [0.29, 0.717) is 30.8 Å². The normalized spacial score (nSPS) is 10.3. The number of nitrogens with one attached hydrogen (secondary N) is 1. The van der Waals surface area contributed by atoms with E-state index in [0.717, 1.165) is 24.8 Å². The van der Waals surface area contributed by atoms with Crippen LogP contribution in [0.15, 0.2) is 24.3 Å². The van der Waals surface area contributed by atoms with Gasteiger partial charge >= 0.3 is 5.97 Å².